The van der Waals surface area contributed by atoms with Gasteiger partial charge in [0, 0.05) is 11.1 Å². The van der Waals surface area contributed by atoms with Crippen LogP contribution in [0.3, 0.4) is 0 Å². The smallest absolute Gasteiger partial charge is 0.248 e. The van der Waals surface area contributed by atoms with Crippen LogP contribution in [0.1, 0.15) is 10.4 Å². The molecule has 3 aromatic carbocycles. The molecule has 0 aliphatic carbocycles. The van der Waals surface area contributed by atoms with Crippen LogP contribution in [0, 0.1) is 11.3 Å². The topological polar surface area (TPSA) is 76.1 Å². The van der Waals surface area contributed by atoms with Crippen LogP contribution in [0.25, 0.3) is 21.9 Å². The van der Waals surface area contributed by atoms with E-state index in [4.69, 9.17) is 15.7 Å². The molecule has 0 radical (unpaired) electrons. The van der Waals surface area contributed by atoms with Crippen LogP contribution >= 0.6 is 0 Å². The molecule has 0 aliphatic rings. The fourth-order valence-electron chi connectivity index (χ4n) is 2.60. The monoisotopic (exact) mass is 302 g/mol. The zero-order valence-corrected chi connectivity index (χ0v) is 12.3. The molecule has 4 nitrogen and oxygen atoms in total. The van der Waals surface area contributed by atoms with E-state index < -0.39 is 5.91 Å². The summed E-state index contributed by atoms with van der Waals surface area (Å²) >= 11 is 0. The van der Waals surface area contributed by atoms with Crippen LogP contribution in [0.4, 0.5) is 0 Å². The number of carbonyl (C=O) groups excluding carboxylic acids is 1. The van der Waals surface area contributed by atoms with Gasteiger partial charge >= 0.3 is 0 Å². The molecule has 0 atom stereocenters. The summed E-state index contributed by atoms with van der Waals surface area (Å²) in [6, 6.07) is 20.8. The Morgan fingerprint density at radius 2 is 1.87 bits per heavy atom. The van der Waals surface area contributed by atoms with Crippen molar-refractivity contribution in [3.05, 3.63) is 66.2 Å². The van der Waals surface area contributed by atoms with Gasteiger partial charge in [0.1, 0.15) is 11.8 Å². The Hall–Kier alpha value is -3.32. The number of rotatable bonds is 4. The molecule has 0 heterocycles. The van der Waals surface area contributed by atoms with Crippen LogP contribution < -0.4 is 10.5 Å². The van der Waals surface area contributed by atoms with E-state index in [1.54, 1.807) is 12.1 Å². The van der Waals surface area contributed by atoms with E-state index >= 15 is 0 Å². The Morgan fingerprint density at radius 3 is 2.57 bits per heavy atom. The number of nitrogens with zero attached hydrogens (tertiary/aromatic N) is 1. The number of hydrogen-bond donors (Lipinski definition) is 1. The summed E-state index contributed by atoms with van der Waals surface area (Å²) in [5.74, 6) is 0.176. The van der Waals surface area contributed by atoms with Gasteiger partial charge in [0.2, 0.25) is 5.91 Å². The zero-order valence-electron chi connectivity index (χ0n) is 12.3. The van der Waals surface area contributed by atoms with Crippen molar-refractivity contribution in [3.8, 4) is 22.9 Å². The molecular weight excluding hydrogens is 288 g/mol. The average molecular weight is 302 g/mol. The third-order valence-electron chi connectivity index (χ3n) is 3.62. The van der Waals surface area contributed by atoms with Gasteiger partial charge < -0.3 is 10.5 Å². The molecule has 3 rings (SSSR count). The minimum atomic E-state index is -0.460. The van der Waals surface area contributed by atoms with Crippen molar-refractivity contribution in [2.75, 3.05) is 6.61 Å². The SMILES string of the molecule is N#CCOc1ccc2cc(C(N)=O)ccc2c1-c1ccccc1. The van der Waals surface area contributed by atoms with Crippen LogP contribution in [0.15, 0.2) is 60.7 Å². The van der Waals surface area contributed by atoms with Crippen molar-refractivity contribution >= 4 is 16.7 Å². The number of amides is 1. The minimum Gasteiger partial charge on any atom is -0.478 e. The Bertz CT molecular complexity index is 912. The first-order valence-electron chi connectivity index (χ1n) is 7.12. The van der Waals surface area contributed by atoms with Crippen LogP contribution in [-0.2, 0) is 0 Å². The second-order valence-corrected chi connectivity index (χ2v) is 5.05. The molecule has 0 saturated heterocycles. The van der Waals surface area contributed by atoms with Crippen LogP contribution in [0.5, 0.6) is 5.75 Å². The quantitative estimate of drug-likeness (QED) is 0.801. The average Bonchev–Trinajstić information content (AvgIpc) is 2.59. The van der Waals surface area contributed by atoms with E-state index in [9.17, 15) is 4.79 Å². The number of hydrogen-bond acceptors (Lipinski definition) is 3. The first kappa shape index (κ1) is 14.6. The molecule has 23 heavy (non-hydrogen) atoms. The van der Waals surface area contributed by atoms with Gasteiger partial charge in [-0.2, -0.15) is 5.26 Å². The van der Waals surface area contributed by atoms with E-state index in [0.29, 0.717) is 11.3 Å². The molecule has 3 aromatic rings. The van der Waals surface area contributed by atoms with Crippen molar-refractivity contribution in [2.45, 2.75) is 0 Å². The third kappa shape index (κ3) is 2.85. The van der Waals surface area contributed by atoms with Gasteiger partial charge in [-0.25, -0.2) is 0 Å². The fraction of sp³-hybridized carbons (Fsp3) is 0.0526. The number of nitriles is 1. The molecule has 2 N–H and O–H groups in total. The number of nitrogens with two attached hydrogens (primary N) is 1. The van der Waals surface area contributed by atoms with Crippen molar-refractivity contribution in [2.24, 2.45) is 5.73 Å². The Balaban J connectivity index is 2.26. The Labute approximate surface area is 133 Å². The Kier molecular flexibility index (Phi) is 3.94. The second-order valence-electron chi connectivity index (χ2n) is 5.05. The van der Waals surface area contributed by atoms with Crippen LogP contribution in [0.2, 0.25) is 0 Å². The fourth-order valence-corrected chi connectivity index (χ4v) is 2.60. The van der Waals surface area contributed by atoms with Crippen molar-refractivity contribution in [1.29, 1.82) is 5.26 Å². The highest BCUT2D eigenvalue weighted by Crippen LogP contribution is 2.37. The van der Waals surface area contributed by atoms with Gasteiger partial charge in [-0.3, -0.25) is 4.79 Å². The summed E-state index contributed by atoms with van der Waals surface area (Å²) in [5, 5.41) is 10.6. The number of fused-ring (bicyclic) bond motifs is 1. The standard InChI is InChI=1S/C19H14N2O2/c20-10-11-23-17-9-7-14-12-15(19(21)22)6-8-16(14)18(17)13-4-2-1-3-5-13/h1-9,12H,11H2,(H2,21,22). The third-order valence-corrected chi connectivity index (χ3v) is 3.62. The molecule has 1 amide bonds. The predicted molar refractivity (Wildman–Crippen MR) is 89.0 cm³/mol. The molecule has 0 aliphatic heterocycles. The summed E-state index contributed by atoms with van der Waals surface area (Å²) in [6.45, 7) is -0.0231. The lowest BCUT2D eigenvalue weighted by atomic mass is 9.96. The van der Waals surface area contributed by atoms with E-state index in [1.165, 1.54) is 0 Å². The maximum atomic E-state index is 11.4. The molecular formula is C19H14N2O2. The largest absolute Gasteiger partial charge is 0.478 e. The molecule has 112 valence electrons. The van der Waals surface area contributed by atoms with Gasteiger partial charge in [-0.05, 0) is 34.5 Å². The van der Waals surface area contributed by atoms with Gasteiger partial charge in [0.15, 0.2) is 6.61 Å². The number of ether oxygens (including phenoxy) is 1. The highest BCUT2D eigenvalue weighted by molar-refractivity contribution is 6.04. The molecule has 4 heteroatoms. The molecule has 0 bridgehead atoms. The zero-order chi connectivity index (χ0) is 16.2. The summed E-state index contributed by atoms with van der Waals surface area (Å²) < 4.78 is 5.57. The number of benzene rings is 3. The van der Waals surface area contributed by atoms with E-state index in [0.717, 1.165) is 21.9 Å². The Morgan fingerprint density at radius 1 is 1.09 bits per heavy atom. The second kappa shape index (κ2) is 6.20. The van der Waals surface area contributed by atoms with Crippen molar-refractivity contribution in [1.82, 2.24) is 0 Å². The minimum absolute atomic E-state index is 0.0231. The van der Waals surface area contributed by atoms with E-state index in [2.05, 4.69) is 0 Å². The molecule has 0 fully saturated rings. The van der Waals surface area contributed by atoms with E-state index in [1.807, 2.05) is 54.6 Å². The summed E-state index contributed by atoms with van der Waals surface area (Å²) in [5.41, 5.74) is 7.69. The predicted octanol–water partition coefficient (Wildman–Crippen LogP) is 3.51. The normalized spacial score (nSPS) is 10.2. The van der Waals surface area contributed by atoms with Crippen molar-refractivity contribution in [3.63, 3.8) is 0 Å². The first-order valence-corrected chi connectivity index (χ1v) is 7.12. The van der Waals surface area contributed by atoms with Gasteiger partial charge in [-0.1, -0.05) is 42.5 Å². The lowest BCUT2D eigenvalue weighted by Crippen LogP contribution is -2.10. The molecule has 0 aromatic heterocycles. The van der Waals surface area contributed by atoms with Crippen molar-refractivity contribution < 1.29 is 9.53 Å². The number of carbonyl (C=O) groups is 1. The number of primary amides is 1. The van der Waals surface area contributed by atoms with E-state index in [-0.39, 0.29) is 6.61 Å². The van der Waals surface area contributed by atoms with Crippen LogP contribution in [-0.4, -0.2) is 12.5 Å². The summed E-state index contributed by atoms with van der Waals surface area (Å²) in [6.07, 6.45) is 0. The van der Waals surface area contributed by atoms with Gasteiger partial charge in [-0.15, -0.1) is 0 Å². The maximum absolute atomic E-state index is 11.4. The highest BCUT2D eigenvalue weighted by atomic mass is 16.5. The first-order chi connectivity index (χ1) is 11.2. The molecule has 0 unspecified atom stereocenters. The highest BCUT2D eigenvalue weighted by Gasteiger charge is 2.12. The van der Waals surface area contributed by atoms with Gasteiger partial charge in [0.05, 0.1) is 0 Å². The summed E-state index contributed by atoms with van der Waals surface area (Å²) in [7, 11) is 0. The summed E-state index contributed by atoms with van der Waals surface area (Å²) in [4.78, 5) is 11.4. The molecule has 0 saturated carbocycles. The lowest BCUT2D eigenvalue weighted by Gasteiger charge is -2.13. The molecule has 0 spiro atoms. The lowest BCUT2D eigenvalue weighted by molar-refractivity contribution is 0.100. The van der Waals surface area contributed by atoms with Gasteiger partial charge in [0.25, 0.3) is 0 Å². The maximum Gasteiger partial charge on any atom is 0.248 e.